The minimum Gasteiger partial charge on any atom is -0.360 e. The van der Waals surface area contributed by atoms with Crippen molar-refractivity contribution in [1.29, 1.82) is 0 Å². The van der Waals surface area contributed by atoms with Crippen molar-refractivity contribution in [3.8, 4) is 0 Å². The first-order chi connectivity index (χ1) is 7.74. The van der Waals surface area contributed by atoms with Gasteiger partial charge in [0.1, 0.15) is 11.6 Å². The summed E-state index contributed by atoms with van der Waals surface area (Å²) in [5, 5.41) is 3.81. The Hall–Kier alpha value is -1.29. The summed E-state index contributed by atoms with van der Waals surface area (Å²) in [6.07, 6.45) is 0. The van der Waals surface area contributed by atoms with Gasteiger partial charge in [-0.2, -0.15) is 0 Å². The zero-order chi connectivity index (χ0) is 11.4. The highest BCUT2D eigenvalue weighted by Crippen LogP contribution is 2.18. The third-order valence-corrected chi connectivity index (χ3v) is 3.10. The van der Waals surface area contributed by atoms with Crippen LogP contribution in [0.4, 0.5) is 4.39 Å². The molecule has 0 spiro atoms. The van der Waals surface area contributed by atoms with E-state index in [9.17, 15) is 4.39 Å². The van der Waals surface area contributed by atoms with E-state index < -0.39 is 0 Å². The highest BCUT2D eigenvalue weighted by molar-refractivity contribution is 7.97. The highest BCUT2D eigenvalue weighted by Gasteiger charge is 2.01. The molecule has 2 nitrogen and oxygen atoms in total. The molecule has 0 aliphatic carbocycles. The third-order valence-electron chi connectivity index (χ3n) is 2.08. The molecule has 1 heterocycles. The molecule has 0 aliphatic heterocycles. The molecule has 0 amide bonds. The topological polar surface area (TPSA) is 26.0 Å². The molecule has 0 radical (unpaired) electrons. The van der Waals surface area contributed by atoms with Gasteiger partial charge in [0, 0.05) is 11.8 Å². The van der Waals surface area contributed by atoms with E-state index in [0.29, 0.717) is 0 Å². The van der Waals surface area contributed by atoms with Gasteiger partial charge in [0.25, 0.3) is 0 Å². The number of hydrogen-bond donors (Lipinski definition) is 0. The molecule has 0 saturated carbocycles. The first kappa shape index (κ1) is 11.2. The molecule has 0 fully saturated rings. The summed E-state index contributed by atoms with van der Waals surface area (Å²) >= 11 is 1.68. The van der Waals surface area contributed by atoms with Crippen LogP contribution in [0, 0.1) is 12.7 Å². The summed E-state index contributed by atoms with van der Waals surface area (Å²) in [6.45, 7) is 1.89. The number of benzene rings is 1. The van der Waals surface area contributed by atoms with Crippen molar-refractivity contribution in [3.63, 3.8) is 0 Å². The number of halogens is 1. The van der Waals surface area contributed by atoms with Gasteiger partial charge in [-0.05, 0) is 24.6 Å². The molecule has 0 atom stereocenters. The van der Waals surface area contributed by atoms with Crippen LogP contribution in [0.5, 0.6) is 0 Å². The average Bonchev–Trinajstić information content (AvgIpc) is 2.64. The Bertz CT molecular complexity index is 470. The van der Waals surface area contributed by atoms with E-state index in [-0.39, 0.29) is 5.82 Å². The molecule has 16 heavy (non-hydrogen) atoms. The molecule has 0 bridgehead atoms. The summed E-state index contributed by atoms with van der Waals surface area (Å²) in [6, 6.07) is 8.57. The number of aryl methyl sites for hydroxylation is 1. The van der Waals surface area contributed by atoms with Crippen LogP contribution in [0.25, 0.3) is 0 Å². The van der Waals surface area contributed by atoms with Gasteiger partial charge in [-0.1, -0.05) is 17.3 Å². The summed E-state index contributed by atoms with van der Waals surface area (Å²) in [4.78, 5) is 0. The maximum Gasteiger partial charge on any atom is 0.146 e. The fraction of sp³-hybridized carbons (Fsp3) is 0.250. The number of aromatic nitrogens is 1. The molecular formula is C12H12FNOS. The van der Waals surface area contributed by atoms with Crippen LogP contribution in [0.2, 0.25) is 0 Å². The molecule has 0 unspecified atom stereocenters. The van der Waals surface area contributed by atoms with Crippen molar-refractivity contribution in [2.45, 2.75) is 18.4 Å². The first-order valence-electron chi connectivity index (χ1n) is 4.98. The second-order valence-electron chi connectivity index (χ2n) is 3.56. The molecule has 0 aliphatic rings. The predicted octanol–water partition coefficient (Wildman–Crippen LogP) is 3.56. The highest BCUT2D eigenvalue weighted by atomic mass is 32.2. The Labute approximate surface area is 97.8 Å². The van der Waals surface area contributed by atoms with E-state index >= 15 is 0 Å². The summed E-state index contributed by atoms with van der Waals surface area (Å²) in [5.74, 6) is 2.21. The number of thioether (sulfide) groups is 1. The second-order valence-corrected chi connectivity index (χ2v) is 4.54. The van der Waals surface area contributed by atoms with Crippen LogP contribution in [-0.2, 0) is 11.5 Å². The molecule has 4 heteroatoms. The number of nitrogens with zero attached hydrogens (tertiary/aromatic N) is 1. The molecule has 2 rings (SSSR count). The van der Waals surface area contributed by atoms with E-state index in [0.717, 1.165) is 28.5 Å². The fourth-order valence-electron chi connectivity index (χ4n) is 1.38. The van der Waals surface area contributed by atoms with Crippen molar-refractivity contribution < 1.29 is 8.91 Å². The van der Waals surface area contributed by atoms with E-state index in [1.807, 2.05) is 19.1 Å². The first-order valence-corrected chi connectivity index (χ1v) is 6.14. The maximum atomic E-state index is 12.9. The number of rotatable bonds is 4. The van der Waals surface area contributed by atoms with Crippen LogP contribution in [0.1, 0.15) is 17.0 Å². The third kappa shape index (κ3) is 3.10. The predicted molar refractivity (Wildman–Crippen MR) is 62.6 cm³/mol. The number of hydrogen-bond acceptors (Lipinski definition) is 3. The van der Waals surface area contributed by atoms with Gasteiger partial charge in [0.2, 0.25) is 0 Å². The Morgan fingerprint density at radius 3 is 2.88 bits per heavy atom. The molecule has 2 aromatic rings. The van der Waals surface area contributed by atoms with Gasteiger partial charge in [-0.3, -0.25) is 0 Å². The second kappa shape index (κ2) is 5.16. The van der Waals surface area contributed by atoms with Crippen LogP contribution < -0.4 is 0 Å². The summed E-state index contributed by atoms with van der Waals surface area (Å²) < 4.78 is 18.0. The monoisotopic (exact) mass is 237 g/mol. The standard InChI is InChI=1S/C12H12FNOS/c1-9-5-12(15-14-9)8-16-7-10-3-2-4-11(13)6-10/h2-6H,7-8H2,1H3. The van der Waals surface area contributed by atoms with E-state index in [1.54, 1.807) is 23.9 Å². The quantitative estimate of drug-likeness (QED) is 0.813. The Balaban J connectivity index is 1.84. The van der Waals surface area contributed by atoms with E-state index in [1.165, 1.54) is 6.07 Å². The average molecular weight is 237 g/mol. The molecule has 1 aromatic carbocycles. The summed E-state index contributed by atoms with van der Waals surface area (Å²) in [5.41, 5.74) is 1.88. The van der Waals surface area contributed by atoms with Crippen molar-refractivity contribution in [1.82, 2.24) is 5.16 Å². The maximum absolute atomic E-state index is 12.9. The van der Waals surface area contributed by atoms with Gasteiger partial charge in [-0.15, -0.1) is 11.8 Å². The van der Waals surface area contributed by atoms with Crippen LogP contribution >= 0.6 is 11.8 Å². The molecular weight excluding hydrogens is 225 g/mol. The molecule has 84 valence electrons. The zero-order valence-corrected chi connectivity index (χ0v) is 9.76. The molecule has 1 aromatic heterocycles. The van der Waals surface area contributed by atoms with E-state index in [2.05, 4.69) is 5.16 Å². The van der Waals surface area contributed by atoms with Crippen molar-refractivity contribution >= 4 is 11.8 Å². The Morgan fingerprint density at radius 1 is 1.31 bits per heavy atom. The summed E-state index contributed by atoms with van der Waals surface area (Å²) in [7, 11) is 0. The van der Waals surface area contributed by atoms with Gasteiger partial charge in [0.05, 0.1) is 11.4 Å². The lowest BCUT2D eigenvalue weighted by atomic mass is 10.2. The van der Waals surface area contributed by atoms with Crippen molar-refractivity contribution in [2.24, 2.45) is 0 Å². The SMILES string of the molecule is Cc1cc(CSCc2cccc(F)c2)on1. The zero-order valence-electron chi connectivity index (χ0n) is 8.94. The van der Waals surface area contributed by atoms with Gasteiger partial charge in [-0.25, -0.2) is 4.39 Å². The molecule has 0 saturated heterocycles. The van der Waals surface area contributed by atoms with Crippen molar-refractivity contribution in [2.75, 3.05) is 0 Å². The smallest absolute Gasteiger partial charge is 0.146 e. The normalized spacial score (nSPS) is 10.6. The van der Waals surface area contributed by atoms with Crippen LogP contribution in [-0.4, -0.2) is 5.16 Å². The van der Waals surface area contributed by atoms with Gasteiger partial charge >= 0.3 is 0 Å². The lowest BCUT2D eigenvalue weighted by molar-refractivity contribution is 0.391. The van der Waals surface area contributed by atoms with Crippen molar-refractivity contribution in [3.05, 3.63) is 53.2 Å². The lowest BCUT2D eigenvalue weighted by Gasteiger charge is -1.99. The minimum atomic E-state index is -0.186. The van der Waals surface area contributed by atoms with E-state index in [4.69, 9.17) is 4.52 Å². The largest absolute Gasteiger partial charge is 0.360 e. The lowest BCUT2D eigenvalue weighted by Crippen LogP contribution is -1.83. The van der Waals surface area contributed by atoms with Gasteiger partial charge in [0.15, 0.2) is 0 Å². The molecule has 0 N–H and O–H groups in total. The fourth-order valence-corrected chi connectivity index (χ4v) is 2.24. The Kier molecular flexibility index (Phi) is 3.62. The van der Waals surface area contributed by atoms with Crippen LogP contribution in [0.15, 0.2) is 34.9 Å². The van der Waals surface area contributed by atoms with Crippen LogP contribution in [0.3, 0.4) is 0 Å². The minimum absolute atomic E-state index is 0.186. The Morgan fingerprint density at radius 2 is 2.19 bits per heavy atom. The van der Waals surface area contributed by atoms with Gasteiger partial charge < -0.3 is 4.52 Å².